The lowest BCUT2D eigenvalue weighted by Crippen LogP contribution is -2.45. The van der Waals surface area contributed by atoms with Gasteiger partial charge in [-0.2, -0.15) is 0 Å². The summed E-state index contributed by atoms with van der Waals surface area (Å²) in [5, 5.41) is 16.1. The Balaban J connectivity index is 1.55. The molecule has 2 aromatic rings. The zero-order chi connectivity index (χ0) is 16.3. The van der Waals surface area contributed by atoms with Crippen LogP contribution in [0.15, 0.2) is 48.5 Å². The predicted octanol–water partition coefficient (Wildman–Crippen LogP) is 2.35. The van der Waals surface area contributed by atoms with E-state index in [1.165, 1.54) is 0 Å². The minimum Gasteiger partial charge on any atom is -0.497 e. The van der Waals surface area contributed by atoms with Gasteiger partial charge >= 0.3 is 6.03 Å². The summed E-state index contributed by atoms with van der Waals surface area (Å²) in [5.74, 6) is 0.674. The number of urea groups is 1. The minimum absolute atomic E-state index is 0.206. The molecule has 2 amide bonds. The van der Waals surface area contributed by atoms with Gasteiger partial charge in [-0.15, -0.1) is 0 Å². The van der Waals surface area contributed by atoms with Crippen molar-refractivity contribution in [2.24, 2.45) is 0 Å². The lowest BCUT2D eigenvalue weighted by atomic mass is 10.0. The number of amides is 2. The lowest BCUT2D eigenvalue weighted by Gasteiger charge is -2.22. The van der Waals surface area contributed by atoms with Gasteiger partial charge in [-0.05, 0) is 23.3 Å². The van der Waals surface area contributed by atoms with E-state index in [0.717, 1.165) is 11.1 Å². The number of nitrogens with one attached hydrogen (secondary N) is 2. The summed E-state index contributed by atoms with van der Waals surface area (Å²) in [6.45, 7) is 0.206. The first-order valence-electron chi connectivity index (χ1n) is 7.56. The Morgan fingerprint density at radius 2 is 1.87 bits per heavy atom. The Hall–Kier alpha value is -2.53. The van der Waals surface area contributed by atoms with Crippen molar-refractivity contribution in [3.63, 3.8) is 0 Å². The van der Waals surface area contributed by atoms with Gasteiger partial charge in [0.05, 0.1) is 12.7 Å². The molecule has 23 heavy (non-hydrogen) atoms. The molecule has 1 aliphatic rings. The number of ether oxygens (including phenoxy) is 1. The van der Waals surface area contributed by atoms with Gasteiger partial charge in [-0.3, -0.25) is 0 Å². The third-order valence-electron chi connectivity index (χ3n) is 4.06. The van der Waals surface area contributed by atoms with Crippen molar-refractivity contribution in [3.05, 3.63) is 59.7 Å². The largest absolute Gasteiger partial charge is 0.497 e. The molecule has 5 nitrogen and oxygen atoms in total. The van der Waals surface area contributed by atoms with Crippen LogP contribution in [0, 0.1) is 0 Å². The molecule has 0 fully saturated rings. The summed E-state index contributed by atoms with van der Waals surface area (Å²) in [6, 6.07) is 14.7. The first-order valence-corrected chi connectivity index (χ1v) is 7.56. The summed E-state index contributed by atoms with van der Waals surface area (Å²) >= 11 is 0. The molecule has 0 unspecified atom stereocenters. The molecule has 0 heterocycles. The number of aliphatic hydroxyl groups is 1. The molecule has 3 N–H and O–H groups in total. The van der Waals surface area contributed by atoms with E-state index in [-0.39, 0.29) is 12.6 Å². The SMILES string of the molecule is COc1cccc(NC(=O)NCC2(O)Cc3ccccc3C2)c1. The molecular weight excluding hydrogens is 292 g/mol. The highest BCUT2D eigenvalue weighted by Gasteiger charge is 2.35. The molecule has 0 saturated carbocycles. The van der Waals surface area contributed by atoms with Gasteiger partial charge in [0.1, 0.15) is 5.75 Å². The molecule has 5 heteroatoms. The number of methoxy groups -OCH3 is 1. The molecule has 0 spiro atoms. The van der Waals surface area contributed by atoms with Crippen LogP contribution < -0.4 is 15.4 Å². The van der Waals surface area contributed by atoms with Crippen LogP contribution in [0.1, 0.15) is 11.1 Å². The maximum Gasteiger partial charge on any atom is 0.319 e. The second-order valence-corrected chi connectivity index (χ2v) is 5.89. The lowest BCUT2D eigenvalue weighted by molar-refractivity contribution is 0.0541. The second kappa shape index (κ2) is 6.30. The topological polar surface area (TPSA) is 70.6 Å². The average molecular weight is 312 g/mol. The fraction of sp³-hybridized carbons (Fsp3) is 0.278. The summed E-state index contributed by atoms with van der Waals surface area (Å²) in [4.78, 5) is 12.0. The highest BCUT2D eigenvalue weighted by atomic mass is 16.5. The number of fused-ring (bicyclic) bond motifs is 1. The van der Waals surface area contributed by atoms with Crippen LogP contribution in [0.3, 0.4) is 0 Å². The van der Waals surface area contributed by atoms with Crippen molar-refractivity contribution in [3.8, 4) is 5.75 Å². The average Bonchev–Trinajstić information content (AvgIpc) is 2.90. The molecule has 0 atom stereocenters. The highest BCUT2D eigenvalue weighted by Crippen LogP contribution is 2.29. The molecular formula is C18H20N2O3. The van der Waals surface area contributed by atoms with Crippen LogP contribution in [-0.4, -0.2) is 30.4 Å². The second-order valence-electron chi connectivity index (χ2n) is 5.89. The standard InChI is InChI=1S/C18H20N2O3/c1-23-16-8-4-7-15(9-16)20-17(21)19-12-18(22)10-13-5-2-3-6-14(13)11-18/h2-9,22H,10-12H2,1H3,(H2,19,20,21). The van der Waals surface area contributed by atoms with Gasteiger partial charge < -0.3 is 20.5 Å². The van der Waals surface area contributed by atoms with E-state index < -0.39 is 5.60 Å². The van der Waals surface area contributed by atoms with Crippen LogP contribution in [0.25, 0.3) is 0 Å². The van der Waals surface area contributed by atoms with E-state index >= 15 is 0 Å². The predicted molar refractivity (Wildman–Crippen MR) is 88.8 cm³/mol. The number of benzene rings is 2. The van der Waals surface area contributed by atoms with Crippen LogP contribution >= 0.6 is 0 Å². The Kier molecular flexibility index (Phi) is 4.21. The molecule has 2 aromatic carbocycles. The smallest absolute Gasteiger partial charge is 0.319 e. The minimum atomic E-state index is -0.921. The Morgan fingerprint density at radius 1 is 1.17 bits per heavy atom. The molecule has 3 rings (SSSR count). The van der Waals surface area contributed by atoms with Gasteiger partial charge in [-0.1, -0.05) is 30.3 Å². The Bertz CT molecular complexity index is 690. The van der Waals surface area contributed by atoms with E-state index in [1.807, 2.05) is 30.3 Å². The van der Waals surface area contributed by atoms with Crippen LogP contribution in [0.2, 0.25) is 0 Å². The van der Waals surface area contributed by atoms with E-state index in [2.05, 4.69) is 10.6 Å². The Labute approximate surface area is 135 Å². The summed E-state index contributed by atoms with van der Waals surface area (Å²) in [6.07, 6.45) is 1.12. The highest BCUT2D eigenvalue weighted by molar-refractivity contribution is 5.89. The zero-order valence-electron chi connectivity index (χ0n) is 13.0. The van der Waals surface area contributed by atoms with Crippen LogP contribution in [0.4, 0.5) is 10.5 Å². The first-order chi connectivity index (χ1) is 11.1. The van der Waals surface area contributed by atoms with Gasteiger partial charge in [0.25, 0.3) is 0 Å². The molecule has 0 aromatic heterocycles. The van der Waals surface area contributed by atoms with Crippen LogP contribution in [0.5, 0.6) is 5.75 Å². The number of carbonyl (C=O) groups is 1. The maximum absolute atomic E-state index is 12.0. The van der Waals surface area contributed by atoms with Crippen molar-refractivity contribution in [2.75, 3.05) is 19.0 Å². The fourth-order valence-electron chi connectivity index (χ4n) is 2.92. The van der Waals surface area contributed by atoms with Crippen molar-refractivity contribution in [2.45, 2.75) is 18.4 Å². The number of carbonyl (C=O) groups excluding carboxylic acids is 1. The molecule has 1 aliphatic carbocycles. The maximum atomic E-state index is 12.0. The summed E-state index contributed by atoms with van der Waals surface area (Å²) in [5.41, 5.74) is 2.01. The van der Waals surface area contributed by atoms with Crippen molar-refractivity contribution < 1.29 is 14.6 Å². The number of rotatable bonds is 4. The van der Waals surface area contributed by atoms with Crippen LogP contribution in [-0.2, 0) is 12.8 Å². The molecule has 0 aliphatic heterocycles. The molecule has 0 radical (unpaired) electrons. The zero-order valence-corrected chi connectivity index (χ0v) is 13.0. The summed E-state index contributed by atoms with van der Waals surface area (Å²) < 4.78 is 5.12. The molecule has 0 bridgehead atoms. The van der Waals surface area contributed by atoms with Gasteiger partial charge in [0, 0.05) is 31.1 Å². The van der Waals surface area contributed by atoms with E-state index in [4.69, 9.17) is 4.74 Å². The third kappa shape index (κ3) is 3.63. The normalized spacial score (nSPS) is 14.9. The van der Waals surface area contributed by atoms with Crippen molar-refractivity contribution >= 4 is 11.7 Å². The first kappa shape index (κ1) is 15.4. The summed E-state index contributed by atoms with van der Waals surface area (Å²) in [7, 11) is 1.58. The van der Waals surface area contributed by atoms with Gasteiger partial charge in [0.2, 0.25) is 0 Å². The van der Waals surface area contributed by atoms with Crippen molar-refractivity contribution in [1.82, 2.24) is 5.32 Å². The third-order valence-corrected chi connectivity index (χ3v) is 4.06. The Morgan fingerprint density at radius 3 is 2.52 bits per heavy atom. The quantitative estimate of drug-likeness (QED) is 0.811. The monoisotopic (exact) mass is 312 g/mol. The fourth-order valence-corrected chi connectivity index (χ4v) is 2.92. The van der Waals surface area contributed by atoms with Gasteiger partial charge in [0.15, 0.2) is 0 Å². The molecule has 0 saturated heterocycles. The molecule has 120 valence electrons. The van der Waals surface area contributed by atoms with E-state index in [9.17, 15) is 9.90 Å². The van der Waals surface area contributed by atoms with Gasteiger partial charge in [-0.25, -0.2) is 4.79 Å². The number of hydrogen-bond acceptors (Lipinski definition) is 3. The van der Waals surface area contributed by atoms with Crippen molar-refractivity contribution in [1.29, 1.82) is 0 Å². The van der Waals surface area contributed by atoms with E-state index in [1.54, 1.807) is 25.3 Å². The van der Waals surface area contributed by atoms with E-state index in [0.29, 0.717) is 24.3 Å². The number of anilines is 1. The number of hydrogen-bond donors (Lipinski definition) is 3.